The Kier molecular flexibility index (Phi) is 8.36. The highest BCUT2D eigenvalue weighted by molar-refractivity contribution is 7.23. The molecule has 0 unspecified atom stereocenters. The molecule has 55 heavy (non-hydrogen) atoms. The lowest BCUT2D eigenvalue weighted by Gasteiger charge is -2.11. The fraction of sp³-hybridized carbons (Fsp3) is 0. The molecular weight excluding hydrogens is 687 g/mol. The maximum Gasteiger partial charge on any atom is 0.160 e. The van der Waals surface area contributed by atoms with Gasteiger partial charge in [0.1, 0.15) is 0 Å². The zero-order valence-electron chi connectivity index (χ0n) is 29.8. The van der Waals surface area contributed by atoms with Crippen LogP contribution in [0.4, 0.5) is 0 Å². The Balaban J connectivity index is 1.06. The molecule has 0 saturated carbocycles. The zero-order chi connectivity index (χ0) is 36.6. The standard InChI is InChI=1S/C51H33N3S/c1-5-15-36(16-6-1)44-33-45(54-51(53-44)41-21-11-4-12-22-41)37-29-25-34(26-30-37)35-27-31-38(32-28-35)46-47-42-23-13-14-24-43(42)52-48(39-17-7-2-8-18-39)50(47)55-49(46)40-19-9-3-10-20-40/h1-33H. The van der Waals surface area contributed by atoms with E-state index in [1.165, 1.54) is 37.0 Å². The lowest BCUT2D eigenvalue weighted by Crippen LogP contribution is -1.95. The third-order valence-corrected chi connectivity index (χ3v) is 11.4. The van der Waals surface area contributed by atoms with E-state index >= 15 is 0 Å². The molecule has 258 valence electrons. The van der Waals surface area contributed by atoms with Gasteiger partial charge >= 0.3 is 0 Å². The SMILES string of the molecule is c1ccc(-c2cc(-c3ccc(-c4ccc(-c5c(-c6ccccc6)sc6c(-c7ccccc7)nc7ccccc7c56)cc4)cc3)nc(-c3ccccc3)n2)cc1. The minimum atomic E-state index is 0.715. The molecule has 0 bridgehead atoms. The minimum Gasteiger partial charge on any atom is -0.246 e. The van der Waals surface area contributed by atoms with Crippen molar-refractivity contribution in [3.8, 4) is 77.9 Å². The molecule has 0 fully saturated rings. The highest BCUT2D eigenvalue weighted by atomic mass is 32.1. The van der Waals surface area contributed by atoms with Crippen LogP contribution in [0.1, 0.15) is 0 Å². The van der Waals surface area contributed by atoms with E-state index in [1.54, 1.807) is 0 Å². The summed E-state index contributed by atoms with van der Waals surface area (Å²) in [6.07, 6.45) is 0. The lowest BCUT2D eigenvalue weighted by molar-refractivity contribution is 1.18. The quantitative estimate of drug-likeness (QED) is 0.165. The van der Waals surface area contributed by atoms with E-state index in [4.69, 9.17) is 15.0 Å². The Bertz CT molecular complexity index is 2870. The first-order valence-corrected chi connectivity index (χ1v) is 19.3. The van der Waals surface area contributed by atoms with Gasteiger partial charge in [-0.3, -0.25) is 0 Å². The number of hydrogen-bond donors (Lipinski definition) is 0. The molecule has 3 aromatic heterocycles. The smallest absolute Gasteiger partial charge is 0.160 e. The van der Waals surface area contributed by atoms with Gasteiger partial charge in [0.05, 0.1) is 27.3 Å². The van der Waals surface area contributed by atoms with E-state index in [0.717, 1.165) is 56.0 Å². The summed E-state index contributed by atoms with van der Waals surface area (Å²) in [5.74, 6) is 0.715. The first-order chi connectivity index (χ1) is 27.3. The first kappa shape index (κ1) is 32.6. The van der Waals surface area contributed by atoms with Crippen LogP contribution in [0.25, 0.3) is 98.8 Å². The molecule has 7 aromatic carbocycles. The monoisotopic (exact) mass is 719 g/mol. The molecule has 3 heterocycles. The molecule has 0 saturated heterocycles. The summed E-state index contributed by atoms with van der Waals surface area (Å²) in [5, 5.41) is 2.42. The second-order valence-electron chi connectivity index (χ2n) is 13.6. The maximum absolute atomic E-state index is 5.24. The van der Waals surface area contributed by atoms with E-state index in [1.807, 2.05) is 47.7 Å². The van der Waals surface area contributed by atoms with Crippen LogP contribution in [0.5, 0.6) is 0 Å². The fourth-order valence-electron chi connectivity index (χ4n) is 7.40. The number of thiophene rings is 1. The van der Waals surface area contributed by atoms with Gasteiger partial charge in [0.15, 0.2) is 5.82 Å². The van der Waals surface area contributed by atoms with Crippen LogP contribution in [-0.2, 0) is 0 Å². The van der Waals surface area contributed by atoms with E-state index in [9.17, 15) is 0 Å². The molecular formula is C51H33N3S. The summed E-state index contributed by atoms with van der Waals surface area (Å²) in [5.41, 5.74) is 14.0. The van der Waals surface area contributed by atoms with Crippen molar-refractivity contribution in [1.29, 1.82) is 0 Å². The van der Waals surface area contributed by atoms with Crippen LogP contribution >= 0.6 is 11.3 Å². The van der Waals surface area contributed by atoms with Gasteiger partial charge in [-0.2, -0.15) is 0 Å². The Morgan fingerprint density at radius 1 is 0.345 bits per heavy atom. The molecule has 0 atom stereocenters. The minimum absolute atomic E-state index is 0.715. The van der Waals surface area contributed by atoms with Gasteiger partial charge in [0, 0.05) is 43.5 Å². The Hall–Kier alpha value is -7.01. The molecule has 4 heteroatoms. The number of aromatic nitrogens is 3. The average Bonchev–Trinajstić information content (AvgIpc) is 3.68. The number of nitrogens with zero attached hydrogens (tertiary/aromatic N) is 3. The Labute approximate surface area is 323 Å². The number of benzene rings is 7. The van der Waals surface area contributed by atoms with Crippen molar-refractivity contribution in [2.45, 2.75) is 0 Å². The molecule has 10 aromatic rings. The number of pyridine rings is 1. The van der Waals surface area contributed by atoms with Crippen LogP contribution in [0.3, 0.4) is 0 Å². The van der Waals surface area contributed by atoms with Gasteiger partial charge in [-0.25, -0.2) is 15.0 Å². The third-order valence-electron chi connectivity index (χ3n) is 10.1. The number of rotatable bonds is 7. The summed E-state index contributed by atoms with van der Waals surface area (Å²) in [7, 11) is 0. The van der Waals surface area contributed by atoms with E-state index < -0.39 is 0 Å². The highest BCUT2D eigenvalue weighted by Gasteiger charge is 2.22. The number of hydrogen-bond acceptors (Lipinski definition) is 4. The van der Waals surface area contributed by atoms with Gasteiger partial charge in [-0.15, -0.1) is 11.3 Å². The molecule has 0 amide bonds. The first-order valence-electron chi connectivity index (χ1n) is 18.4. The molecule has 0 N–H and O–H groups in total. The summed E-state index contributed by atoms with van der Waals surface area (Å²) in [6.45, 7) is 0. The second kappa shape index (κ2) is 14.1. The zero-order valence-corrected chi connectivity index (χ0v) is 30.6. The Morgan fingerprint density at radius 3 is 1.40 bits per heavy atom. The lowest BCUT2D eigenvalue weighted by atomic mass is 9.94. The van der Waals surface area contributed by atoms with Crippen LogP contribution in [-0.4, -0.2) is 15.0 Å². The normalized spacial score (nSPS) is 11.3. The molecule has 0 radical (unpaired) electrons. The predicted octanol–water partition coefficient (Wildman–Crippen LogP) is 13.9. The molecule has 3 nitrogen and oxygen atoms in total. The average molecular weight is 720 g/mol. The summed E-state index contributed by atoms with van der Waals surface area (Å²) in [4.78, 5) is 16.5. The van der Waals surface area contributed by atoms with Crippen molar-refractivity contribution in [3.63, 3.8) is 0 Å². The summed E-state index contributed by atoms with van der Waals surface area (Å²) in [6, 6.07) is 70.2. The maximum atomic E-state index is 5.24. The predicted molar refractivity (Wildman–Crippen MR) is 231 cm³/mol. The summed E-state index contributed by atoms with van der Waals surface area (Å²) >= 11 is 1.83. The van der Waals surface area contributed by atoms with Crippen LogP contribution in [0, 0.1) is 0 Å². The van der Waals surface area contributed by atoms with Gasteiger partial charge in [-0.05, 0) is 34.4 Å². The molecule has 0 aliphatic heterocycles. The van der Waals surface area contributed by atoms with Gasteiger partial charge in [0.25, 0.3) is 0 Å². The molecule has 10 rings (SSSR count). The van der Waals surface area contributed by atoms with E-state index in [-0.39, 0.29) is 0 Å². The van der Waals surface area contributed by atoms with Crippen LogP contribution in [0.15, 0.2) is 200 Å². The number of fused-ring (bicyclic) bond motifs is 3. The van der Waals surface area contributed by atoms with Crippen molar-refractivity contribution in [3.05, 3.63) is 200 Å². The largest absolute Gasteiger partial charge is 0.246 e. The third kappa shape index (κ3) is 6.19. The van der Waals surface area contributed by atoms with Crippen molar-refractivity contribution in [2.24, 2.45) is 0 Å². The summed E-state index contributed by atoms with van der Waals surface area (Å²) < 4.78 is 1.20. The van der Waals surface area contributed by atoms with E-state index in [0.29, 0.717) is 5.82 Å². The number of para-hydroxylation sites is 1. The fourth-order valence-corrected chi connectivity index (χ4v) is 8.75. The van der Waals surface area contributed by atoms with E-state index in [2.05, 4.69) is 164 Å². The van der Waals surface area contributed by atoms with Crippen molar-refractivity contribution in [2.75, 3.05) is 0 Å². The van der Waals surface area contributed by atoms with Crippen molar-refractivity contribution < 1.29 is 0 Å². The van der Waals surface area contributed by atoms with Gasteiger partial charge in [-0.1, -0.05) is 188 Å². The van der Waals surface area contributed by atoms with Gasteiger partial charge in [0.2, 0.25) is 0 Å². The topological polar surface area (TPSA) is 38.7 Å². The second-order valence-corrected chi connectivity index (χ2v) is 14.6. The van der Waals surface area contributed by atoms with Crippen LogP contribution < -0.4 is 0 Å². The Morgan fingerprint density at radius 2 is 0.800 bits per heavy atom. The van der Waals surface area contributed by atoms with Crippen molar-refractivity contribution >= 4 is 32.3 Å². The molecule has 0 aliphatic carbocycles. The highest BCUT2D eigenvalue weighted by Crippen LogP contribution is 2.50. The molecule has 0 aliphatic rings. The van der Waals surface area contributed by atoms with Gasteiger partial charge < -0.3 is 0 Å². The van der Waals surface area contributed by atoms with Crippen LogP contribution in [0.2, 0.25) is 0 Å². The van der Waals surface area contributed by atoms with Crippen molar-refractivity contribution in [1.82, 2.24) is 15.0 Å². The molecule has 0 spiro atoms.